The molecule has 4 nitrogen and oxygen atoms in total. The van der Waals surface area contributed by atoms with E-state index in [1.807, 2.05) is 18.2 Å². The molecule has 0 fully saturated rings. The molecule has 3 rings (SSSR count). The number of nitrogens with one attached hydrogen (secondary N) is 1. The van der Waals surface area contributed by atoms with E-state index >= 15 is 0 Å². The van der Waals surface area contributed by atoms with Crippen LogP contribution in [0.25, 0.3) is 0 Å². The third kappa shape index (κ3) is 1.74. The molecule has 15 heavy (non-hydrogen) atoms. The molecule has 0 radical (unpaired) electrons. The number of nitrogens with zero attached hydrogens (tertiary/aromatic N) is 1. The van der Waals surface area contributed by atoms with Gasteiger partial charge in [0.1, 0.15) is 0 Å². The largest absolute Gasteiger partial charge is 0.454 e. The number of hydrogen-bond acceptors (Lipinski definition) is 5. The third-order valence-electron chi connectivity index (χ3n) is 2.21. The van der Waals surface area contributed by atoms with Crippen molar-refractivity contribution in [3.05, 3.63) is 18.2 Å². The number of hydrogen-bond donors (Lipinski definition) is 1. The smallest absolute Gasteiger partial charge is 0.231 e. The van der Waals surface area contributed by atoms with Gasteiger partial charge < -0.3 is 14.8 Å². The number of anilines is 1. The van der Waals surface area contributed by atoms with Gasteiger partial charge in [-0.25, -0.2) is 0 Å². The second kappa shape index (κ2) is 3.66. The summed E-state index contributed by atoms with van der Waals surface area (Å²) in [7, 11) is 0. The van der Waals surface area contributed by atoms with E-state index in [1.54, 1.807) is 11.8 Å². The van der Waals surface area contributed by atoms with Crippen LogP contribution in [-0.2, 0) is 0 Å². The van der Waals surface area contributed by atoms with Crippen molar-refractivity contribution in [1.82, 2.24) is 0 Å². The first-order chi connectivity index (χ1) is 7.42. The number of benzene rings is 1. The average Bonchev–Trinajstić information content (AvgIpc) is 2.87. The minimum atomic E-state index is 0.314. The summed E-state index contributed by atoms with van der Waals surface area (Å²) in [4.78, 5) is 4.32. The molecule has 2 heterocycles. The number of thioether (sulfide) groups is 1. The number of ether oxygens (including phenoxy) is 2. The van der Waals surface area contributed by atoms with Crippen molar-refractivity contribution in [1.29, 1.82) is 0 Å². The van der Waals surface area contributed by atoms with E-state index < -0.39 is 0 Å². The molecule has 0 saturated carbocycles. The lowest BCUT2D eigenvalue weighted by Crippen LogP contribution is -2.04. The summed E-state index contributed by atoms with van der Waals surface area (Å²) >= 11 is 1.74. The molecule has 0 bridgehead atoms. The number of fused-ring (bicyclic) bond motifs is 1. The maximum Gasteiger partial charge on any atom is 0.231 e. The van der Waals surface area contributed by atoms with Gasteiger partial charge in [-0.15, -0.1) is 0 Å². The molecule has 2 aliphatic heterocycles. The Hall–Kier alpha value is -1.36. The van der Waals surface area contributed by atoms with Gasteiger partial charge in [-0.2, -0.15) is 0 Å². The van der Waals surface area contributed by atoms with Gasteiger partial charge >= 0.3 is 0 Å². The number of amidine groups is 1. The van der Waals surface area contributed by atoms with Crippen LogP contribution in [0.4, 0.5) is 5.69 Å². The lowest BCUT2D eigenvalue weighted by Gasteiger charge is -2.05. The average molecular weight is 222 g/mol. The van der Waals surface area contributed by atoms with Crippen LogP contribution in [0.1, 0.15) is 0 Å². The van der Waals surface area contributed by atoms with E-state index in [1.165, 1.54) is 0 Å². The van der Waals surface area contributed by atoms with Crippen molar-refractivity contribution < 1.29 is 9.47 Å². The second-order valence-electron chi connectivity index (χ2n) is 3.23. The zero-order valence-corrected chi connectivity index (χ0v) is 8.84. The van der Waals surface area contributed by atoms with Crippen molar-refractivity contribution >= 4 is 22.6 Å². The van der Waals surface area contributed by atoms with Gasteiger partial charge in [0, 0.05) is 17.5 Å². The summed E-state index contributed by atoms with van der Waals surface area (Å²) < 4.78 is 10.5. The summed E-state index contributed by atoms with van der Waals surface area (Å²) in [5.41, 5.74) is 0.993. The highest BCUT2D eigenvalue weighted by atomic mass is 32.2. The maximum atomic E-state index is 5.29. The fourth-order valence-corrected chi connectivity index (χ4v) is 2.26. The van der Waals surface area contributed by atoms with Crippen molar-refractivity contribution in [3.63, 3.8) is 0 Å². The third-order valence-corrected chi connectivity index (χ3v) is 3.10. The molecule has 2 aliphatic rings. The van der Waals surface area contributed by atoms with E-state index in [0.717, 1.165) is 34.7 Å². The normalized spacial score (nSPS) is 17.7. The van der Waals surface area contributed by atoms with Gasteiger partial charge in [0.2, 0.25) is 6.79 Å². The van der Waals surface area contributed by atoms with Crippen LogP contribution in [0.3, 0.4) is 0 Å². The molecule has 0 unspecified atom stereocenters. The predicted octanol–water partition coefficient (Wildman–Crippen LogP) is 1.93. The Labute approximate surface area is 91.7 Å². The van der Waals surface area contributed by atoms with Gasteiger partial charge in [0.15, 0.2) is 16.7 Å². The number of rotatable bonds is 1. The fourth-order valence-electron chi connectivity index (χ4n) is 1.51. The molecule has 1 aromatic rings. The summed E-state index contributed by atoms with van der Waals surface area (Å²) in [6.07, 6.45) is 0. The molecular weight excluding hydrogens is 212 g/mol. The Balaban J connectivity index is 1.80. The Morgan fingerprint density at radius 3 is 3.07 bits per heavy atom. The van der Waals surface area contributed by atoms with Crippen LogP contribution < -0.4 is 14.8 Å². The molecule has 0 aliphatic carbocycles. The van der Waals surface area contributed by atoms with E-state index in [9.17, 15) is 0 Å². The van der Waals surface area contributed by atoms with Crippen molar-refractivity contribution in [2.75, 3.05) is 24.4 Å². The molecule has 0 amide bonds. The lowest BCUT2D eigenvalue weighted by atomic mass is 10.3. The van der Waals surface area contributed by atoms with Gasteiger partial charge in [-0.3, -0.25) is 4.99 Å². The molecule has 78 valence electrons. The van der Waals surface area contributed by atoms with Gasteiger partial charge in [0.05, 0.1) is 6.54 Å². The first kappa shape index (κ1) is 8.91. The van der Waals surface area contributed by atoms with Gasteiger partial charge in [0.25, 0.3) is 0 Å². The highest BCUT2D eigenvalue weighted by Crippen LogP contribution is 2.34. The van der Waals surface area contributed by atoms with E-state index in [2.05, 4.69) is 10.3 Å². The molecule has 0 aromatic heterocycles. The first-order valence-corrected chi connectivity index (χ1v) is 5.74. The Bertz CT molecular complexity index is 420. The van der Waals surface area contributed by atoms with Crippen LogP contribution in [0.2, 0.25) is 0 Å². The Morgan fingerprint density at radius 1 is 1.27 bits per heavy atom. The summed E-state index contributed by atoms with van der Waals surface area (Å²) in [5.74, 6) is 2.66. The molecular formula is C10H10N2O2S. The Kier molecular flexibility index (Phi) is 2.17. The molecule has 0 atom stereocenters. The highest BCUT2D eigenvalue weighted by Gasteiger charge is 2.14. The molecule has 5 heteroatoms. The summed E-state index contributed by atoms with van der Waals surface area (Å²) in [6.45, 7) is 1.21. The second-order valence-corrected chi connectivity index (χ2v) is 4.31. The van der Waals surface area contributed by atoms with E-state index in [4.69, 9.17) is 9.47 Å². The maximum absolute atomic E-state index is 5.29. The predicted molar refractivity (Wildman–Crippen MR) is 60.9 cm³/mol. The molecule has 1 aromatic carbocycles. The molecule has 0 spiro atoms. The van der Waals surface area contributed by atoms with Crippen LogP contribution in [0.5, 0.6) is 11.5 Å². The molecule has 1 N–H and O–H groups in total. The van der Waals surface area contributed by atoms with E-state index in [0.29, 0.717) is 6.79 Å². The van der Waals surface area contributed by atoms with E-state index in [-0.39, 0.29) is 0 Å². The fraction of sp³-hybridized carbons (Fsp3) is 0.300. The lowest BCUT2D eigenvalue weighted by molar-refractivity contribution is 0.174. The first-order valence-electron chi connectivity index (χ1n) is 4.76. The standard InChI is InChI=1S/C10H10N2O2S/c1-2-8-9(14-6-13-8)5-7(1)12-10-11-3-4-15-10/h1-2,5H,3-4,6H2,(H,11,12). The zero-order valence-electron chi connectivity index (χ0n) is 8.03. The molecule has 0 saturated heterocycles. The van der Waals surface area contributed by atoms with Crippen LogP contribution in [0.15, 0.2) is 23.2 Å². The quantitative estimate of drug-likeness (QED) is 0.788. The SMILES string of the molecule is c1cc2c(cc1NC1=NCCS1)OCO2. The van der Waals surface area contributed by atoms with Crippen molar-refractivity contribution in [2.24, 2.45) is 4.99 Å². The van der Waals surface area contributed by atoms with Crippen LogP contribution >= 0.6 is 11.8 Å². The minimum Gasteiger partial charge on any atom is -0.454 e. The van der Waals surface area contributed by atoms with Gasteiger partial charge in [-0.1, -0.05) is 11.8 Å². The van der Waals surface area contributed by atoms with Crippen molar-refractivity contribution in [2.45, 2.75) is 0 Å². The highest BCUT2D eigenvalue weighted by molar-refractivity contribution is 8.14. The topological polar surface area (TPSA) is 42.9 Å². The minimum absolute atomic E-state index is 0.314. The summed E-state index contributed by atoms with van der Waals surface area (Å²) in [5, 5.41) is 4.23. The number of aliphatic imine (C=N–C) groups is 1. The van der Waals surface area contributed by atoms with Crippen LogP contribution in [-0.4, -0.2) is 24.3 Å². The van der Waals surface area contributed by atoms with Crippen LogP contribution in [0, 0.1) is 0 Å². The van der Waals surface area contributed by atoms with Crippen molar-refractivity contribution in [3.8, 4) is 11.5 Å². The van der Waals surface area contributed by atoms with Gasteiger partial charge in [-0.05, 0) is 12.1 Å². The monoisotopic (exact) mass is 222 g/mol. The zero-order chi connectivity index (χ0) is 10.1. The summed E-state index contributed by atoms with van der Waals surface area (Å²) in [6, 6.07) is 5.81. The Morgan fingerprint density at radius 2 is 2.20 bits per heavy atom.